The summed E-state index contributed by atoms with van der Waals surface area (Å²) in [7, 11) is -1.91. The van der Waals surface area contributed by atoms with Crippen molar-refractivity contribution in [3.63, 3.8) is 0 Å². The van der Waals surface area contributed by atoms with E-state index >= 15 is 0 Å². The Hall–Kier alpha value is -2.38. The van der Waals surface area contributed by atoms with E-state index in [1.807, 2.05) is 36.4 Å². The van der Waals surface area contributed by atoms with Crippen LogP contribution in [0.4, 0.5) is 0 Å². The summed E-state index contributed by atoms with van der Waals surface area (Å²) in [5.74, 6) is 1.26. The summed E-state index contributed by atoms with van der Waals surface area (Å²) in [6.07, 6.45) is 2.89. The molecule has 2 atom stereocenters. The summed E-state index contributed by atoms with van der Waals surface area (Å²) in [6, 6.07) is 14.5. The smallest absolute Gasteiger partial charge is 0.306 e. The van der Waals surface area contributed by atoms with Gasteiger partial charge < -0.3 is 13.7 Å². The number of methoxy groups -OCH3 is 1. The van der Waals surface area contributed by atoms with Crippen molar-refractivity contribution >= 4 is 15.9 Å². The molecule has 0 unspecified atom stereocenters. The maximum Gasteiger partial charge on any atom is 0.306 e. The highest BCUT2D eigenvalue weighted by Gasteiger charge is 2.28. The fourth-order valence-electron chi connectivity index (χ4n) is 3.27. The summed E-state index contributed by atoms with van der Waals surface area (Å²) in [5.41, 5.74) is 2.00. The highest BCUT2D eigenvalue weighted by atomic mass is 32.2. The first-order valence-electron chi connectivity index (χ1n) is 9.12. The van der Waals surface area contributed by atoms with Crippen LogP contribution < -0.4 is 8.92 Å². The van der Waals surface area contributed by atoms with Crippen molar-refractivity contribution in [1.82, 2.24) is 0 Å². The van der Waals surface area contributed by atoms with Gasteiger partial charge in [-0.1, -0.05) is 24.3 Å². The zero-order valence-electron chi connectivity index (χ0n) is 16.0. The summed E-state index contributed by atoms with van der Waals surface area (Å²) in [6.45, 7) is 0. The van der Waals surface area contributed by atoms with E-state index in [0.29, 0.717) is 19.3 Å². The Kier molecular flexibility index (Phi) is 6.36. The molecule has 2 aromatic carbocycles. The molecule has 1 heterocycles. The molecule has 0 aliphatic carbocycles. The van der Waals surface area contributed by atoms with E-state index in [0.717, 1.165) is 29.6 Å². The monoisotopic (exact) mass is 404 g/mol. The molecule has 2 aromatic rings. The van der Waals surface area contributed by atoms with Crippen molar-refractivity contribution in [2.45, 2.75) is 37.9 Å². The molecule has 0 amide bonds. The Labute approximate surface area is 165 Å². The molecular weight excluding hydrogens is 380 g/mol. The SMILES string of the molecule is COc1ccc([C@@H]2CC(=O)C[C@H](CCc3ccc(OS(C)(=O)=O)cc3)O2)cc1. The minimum atomic E-state index is -3.53. The van der Waals surface area contributed by atoms with Gasteiger partial charge in [0.1, 0.15) is 17.3 Å². The van der Waals surface area contributed by atoms with Gasteiger partial charge >= 0.3 is 10.1 Å². The Morgan fingerprint density at radius 2 is 1.64 bits per heavy atom. The summed E-state index contributed by atoms with van der Waals surface area (Å²) < 4.78 is 38.5. The zero-order valence-corrected chi connectivity index (χ0v) is 16.8. The van der Waals surface area contributed by atoms with Gasteiger partial charge in [0.25, 0.3) is 0 Å². The van der Waals surface area contributed by atoms with Crippen LogP contribution in [0.1, 0.15) is 36.5 Å². The van der Waals surface area contributed by atoms with Crippen LogP contribution >= 0.6 is 0 Å². The quantitative estimate of drug-likeness (QED) is 0.658. The molecule has 6 nitrogen and oxygen atoms in total. The van der Waals surface area contributed by atoms with Gasteiger partial charge in [0.05, 0.1) is 25.6 Å². The van der Waals surface area contributed by atoms with Crippen LogP contribution in [0, 0.1) is 0 Å². The second kappa shape index (κ2) is 8.75. The second-order valence-electron chi connectivity index (χ2n) is 6.94. The number of hydrogen-bond donors (Lipinski definition) is 0. The molecule has 0 saturated carbocycles. The van der Waals surface area contributed by atoms with Gasteiger partial charge in [0.15, 0.2) is 0 Å². The molecule has 0 aromatic heterocycles. The standard InChI is InChI=1S/C21H24O6S/c1-25-18-11-6-16(7-12-18)21-14-17(22)13-20(26-21)10-5-15-3-8-19(9-4-15)27-28(2,23)24/h3-4,6-9,11-12,20-21H,5,10,13-14H2,1-2H3/t20-,21-/m0/s1. The van der Waals surface area contributed by atoms with Gasteiger partial charge in [-0.25, -0.2) is 0 Å². The van der Waals surface area contributed by atoms with E-state index in [1.54, 1.807) is 19.2 Å². The van der Waals surface area contributed by atoms with Gasteiger partial charge in [-0.3, -0.25) is 4.79 Å². The first kappa shape index (κ1) is 20.4. The number of hydrogen-bond acceptors (Lipinski definition) is 6. The molecule has 3 rings (SSSR count). The van der Waals surface area contributed by atoms with Crippen LogP contribution in [-0.4, -0.2) is 33.7 Å². The van der Waals surface area contributed by atoms with Crippen molar-refractivity contribution in [2.75, 3.05) is 13.4 Å². The van der Waals surface area contributed by atoms with Gasteiger partial charge in [0, 0.05) is 12.8 Å². The highest BCUT2D eigenvalue weighted by Crippen LogP contribution is 2.32. The average Bonchev–Trinajstić information content (AvgIpc) is 2.66. The molecule has 150 valence electrons. The summed E-state index contributed by atoms with van der Waals surface area (Å²) in [5, 5.41) is 0. The van der Waals surface area contributed by atoms with E-state index in [-0.39, 0.29) is 23.7 Å². The number of Topliss-reactive ketones (excluding diaryl/α,β-unsaturated/α-hetero) is 1. The third-order valence-corrected chi connectivity index (χ3v) is 5.13. The van der Waals surface area contributed by atoms with E-state index in [4.69, 9.17) is 13.7 Å². The minimum Gasteiger partial charge on any atom is -0.497 e. The normalized spacial score (nSPS) is 20.0. The van der Waals surface area contributed by atoms with Crippen LogP contribution in [0.5, 0.6) is 11.5 Å². The Bertz CT molecular complexity index is 903. The fraction of sp³-hybridized carbons (Fsp3) is 0.381. The molecule has 1 fully saturated rings. The molecular formula is C21H24O6S. The van der Waals surface area contributed by atoms with Crippen molar-refractivity contribution in [3.8, 4) is 11.5 Å². The maximum absolute atomic E-state index is 12.2. The number of carbonyl (C=O) groups is 1. The molecule has 1 aliphatic rings. The number of rotatable bonds is 7. The summed E-state index contributed by atoms with van der Waals surface area (Å²) in [4.78, 5) is 12.2. The molecule has 28 heavy (non-hydrogen) atoms. The lowest BCUT2D eigenvalue weighted by Gasteiger charge is -2.29. The molecule has 0 bridgehead atoms. The summed E-state index contributed by atoms with van der Waals surface area (Å²) >= 11 is 0. The zero-order chi connectivity index (χ0) is 20.1. The van der Waals surface area contributed by atoms with Gasteiger partial charge in [0.2, 0.25) is 0 Å². The van der Waals surface area contributed by atoms with Crippen molar-refractivity contribution in [1.29, 1.82) is 0 Å². The molecule has 7 heteroatoms. The molecule has 0 spiro atoms. The molecule has 0 N–H and O–H groups in total. The van der Waals surface area contributed by atoms with Crippen molar-refractivity contribution in [2.24, 2.45) is 0 Å². The largest absolute Gasteiger partial charge is 0.497 e. The fourth-order valence-corrected chi connectivity index (χ4v) is 3.73. The van der Waals surface area contributed by atoms with Crippen LogP contribution in [0.15, 0.2) is 48.5 Å². The number of ether oxygens (including phenoxy) is 2. The highest BCUT2D eigenvalue weighted by molar-refractivity contribution is 7.86. The lowest BCUT2D eigenvalue weighted by Crippen LogP contribution is -2.28. The van der Waals surface area contributed by atoms with E-state index in [1.165, 1.54) is 0 Å². The molecule has 1 saturated heterocycles. The predicted molar refractivity (Wildman–Crippen MR) is 105 cm³/mol. The van der Waals surface area contributed by atoms with Crippen LogP contribution in [-0.2, 0) is 26.1 Å². The maximum atomic E-state index is 12.2. The average molecular weight is 404 g/mol. The lowest BCUT2D eigenvalue weighted by molar-refractivity contribution is -0.136. The van der Waals surface area contributed by atoms with Crippen LogP contribution in [0.2, 0.25) is 0 Å². The number of aryl methyl sites for hydroxylation is 1. The number of benzene rings is 2. The second-order valence-corrected chi connectivity index (χ2v) is 8.51. The van der Waals surface area contributed by atoms with Gasteiger partial charge in [-0.2, -0.15) is 8.42 Å². The van der Waals surface area contributed by atoms with Crippen LogP contribution in [0.3, 0.4) is 0 Å². The van der Waals surface area contributed by atoms with Gasteiger partial charge in [-0.05, 0) is 48.2 Å². The Morgan fingerprint density at radius 3 is 2.25 bits per heavy atom. The lowest BCUT2D eigenvalue weighted by atomic mass is 9.94. The minimum absolute atomic E-state index is 0.139. The Morgan fingerprint density at radius 1 is 1.00 bits per heavy atom. The first-order chi connectivity index (χ1) is 13.3. The molecule has 1 aliphatic heterocycles. The van der Waals surface area contributed by atoms with Crippen molar-refractivity contribution in [3.05, 3.63) is 59.7 Å². The van der Waals surface area contributed by atoms with Crippen LogP contribution in [0.25, 0.3) is 0 Å². The van der Waals surface area contributed by atoms with Crippen molar-refractivity contribution < 1.29 is 26.9 Å². The third kappa shape index (κ3) is 5.81. The van der Waals surface area contributed by atoms with Gasteiger partial charge in [-0.15, -0.1) is 0 Å². The third-order valence-electron chi connectivity index (χ3n) is 4.64. The van der Waals surface area contributed by atoms with E-state index < -0.39 is 10.1 Å². The number of carbonyl (C=O) groups excluding carboxylic acids is 1. The molecule has 0 radical (unpaired) electrons. The first-order valence-corrected chi connectivity index (χ1v) is 10.9. The Balaban J connectivity index is 1.58. The topological polar surface area (TPSA) is 78.9 Å². The number of ketones is 1. The van der Waals surface area contributed by atoms with E-state index in [9.17, 15) is 13.2 Å². The predicted octanol–water partition coefficient (Wildman–Crippen LogP) is 3.46. The van der Waals surface area contributed by atoms with E-state index in [2.05, 4.69) is 0 Å².